The summed E-state index contributed by atoms with van der Waals surface area (Å²) >= 11 is 3.43. The van der Waals surface area contributed by atoms with Gasteiger partial charge in [-0.15, -0.1) is 0 Å². The monoisotopic (exact) mass is 291 g/mol. The summed E-state index contributed by atoms with van der Waals surface area (Å²) in [4.78, 5) is 4.07. The maximum atomic E-state index is 5.90. The van der Waals surface area contributed by atoms with Crippen LogP contribution in [-0.2, 0) is 6.54 Å². The van der Waals surface area contributed by atoms with Crippen LogP contribution in [0, 0.1) is 6.92 Å². The molecule has 3 N–H and O–H groups in total. The van der Waals surface area contributed by atoms with Crippen molar-refractivity contribution in [3.05, 3.63) is 52.3 Å². The Morgan fingerprint density at radius 3 is 2.94 bits per heavy atom. The van der Waals surface area contributed by atoms with Crippen molar-refractivity contribution in [3.8, 4) is 0 Å². The number of hydrogen-bond acceptors (Lipinski definition) is 3. The molecule has 0 bridgehead atoms. The zero-order chi connectivity index (χ0) is 12.3. The van der Waals surface area contributed by atoms with Crippen LogP contribution in [-0.4, -0.2) is 4.98 Å². The second kappa shape index (κ2) is 5.19. The molecule has 0 saturated carbocycles. The smallest absolute Gasteiger partial charge is 0.0587 e. The molecule has 0 unspecified atom stereocenters. The zero-order valence-electron chi connectivity index (χ0n) is 9.57. The first kappa shape index (κ1) is 11.9. The van der Waals surface area contributed by atoms with E-state index >= 15 is 0 Å². The average Bonchev–Trinajstić information content (AvgIpc) is 2.32. The molecule has 0 aliphatic rings. The molecule has 0 atom stereocenters. The molecule has 3 nitrogen and oxygen atoms in total. The highest BCUT2D eigenvalue weighted by Gasteiger charge is 2.01. The van der Waals surface area contributed by atoms with Crippen LogP contribution in [0.4, 0.5) is 11.4 Å². The Balaban J connectivity index is 2.12. The Kier molecular flexibility index (Phi) is 3.64. The van der Waals surface area contributed by atoms with Crippen LogP contribution >= 0.6 is 15.9 Å². The summed E-state index contributed by atoms with van der Waals surface area (Å²) in [5, 5.41) is 3.33. The second-order valence-electron chi connectivity index (χ2n) is 3.89. The first-order chi connectivity index (χ1) is 8.16. The number of halogens is 1. The predicted molar refractivity (Wildman–Crippen MR) is 74.9 cm³/mol. The normalized spacial score (nSPS) is 10.2. The Morgan fingerprint density at radius 1 is 1.35 bits per heavy atom. The van der Waals surface area contributed by atoms with Crippen molar-refractivity contribution >= 4 is 27.3 Å². The predicted octanol–water partition coefficient (Wildman–Crippen LogP) is 3.35. The third kappa shape index (κ3) is 2.97. The number of benzene rings is 1. The number of nitrogens with one attached hydrogen (secondary N) is 1. The largest absolute Gasteiger partial charge is 0.397 e. The first-order valence-corrected chi connectivity index (χ1v) is 6.14. The Labute approximate surface area is 109 Å². The van der Waals surface area contributed by atoms with Crippen LogP contribution in [0.1, 0.15) is 11.1 Å². The van der Waals surface area contributed by atoms with Gasteiger partial charge < -0.3 is 11.1 Å². The number of nitrogens with two attached hydrogens (primary N) is 1. The van der Waals surface area contributed by atoms with Gasteiger partial charge in [-0.05, 0) is 42.3 Å². The van der Waals surface area contributed by atoms with Crippen molar-refractivity contribution in [2.45, 2.75) is 13.5 Å². The Hall–Kier alpha value is -1.55. The van der Waals surface area contributed by atoms with Gasteiger partial charge in [0.05, 0.1) is 11.4 Å². The quantitative estimate of drug-likeness (QED) is 0.853. The van der Waals surface area contributed by atoms with Gasteiger partial charge in [0.15, 0.2) is 0 Å². The van der Waals surface area contributed by atoms with E-state index in [4.69, 9.17) is 5.73 Å². The standard InChI is InChI=1S/C13H14BrN3/c1-9-7-16-5-4-10(9)8-17-13-6-11(14)2-3-12(13)15/h2-7,17H,8,15H2,1H3. The van der Waals surface area contributed by atoms with Gasteiger partial charge in [-0.2, -0.15) is 0 Å². The number of pyridine rings is 1. The van der Waals surface area contributed by atoms with Crippen LogP contribution in [0.2, 0.25) is 0 Å². The number of aromatic nitrogens is 1. The van der Waals surface area contributed by atoms with Crippen LogP contribution in [0.25, 0.3) is 0 Å². The fraction of sp³-hybridized carbons (Fsp3) is 0.154. The number of anilines is 2. The zero-order valence-corrected chi connectivity index (χ0v) is 11.2. The van der Waals surface area contributed by atoms with E-state index in [1.165, 1.54) is 11.1 Å². The number of hydrogen-bond donors (Lipinski definition) is 2. The highest BCUT2D eigenvalue weighted by atomic mass is 79.9. The third-order valence-electron chi connectivity index (χ3n) is 2.62. The minimum Gasteiger partial charge on any atom is -0.397 e. The molecule has 17 heavy (non-hydrogen) atoms. The highest BCUT2D eigenvalue weighted by Crippen LogP contribution is 2.24. The van der Waals surface area contributed by atoms with Gasteiger partial charge >= 0.3 is 0 Å². The summed E-state index contributed by atoms with van der Waals surface area (Å²) in [7, 11) is 0. The van der Waals surface area contributed by atoms with Gasteiger partial charge in [0.2, 0.25) is 0 Å². The summed E-state index contributed by atoms with van der Waals surface area (Å²) in [5.41, 5.74) is 9.98. The van der Waals surface area contributed by atoms with Crippen molar-refractivity contribution in [3.63, 3.8) is 0 Å². The number of nitrogen functional groups attached to an aromatic ring is 1. The molecule has 88 valence electrons. The van der Waals surface area contributed by atoms with E-state index in [2.05, 4.69) is 26.2 Å². The summed E-state index contributed by atoms with van der Waals surface area (Å²) < 4.78 is 1.01. The van der Waals surface area contributed by atoms with Crippen molar-refractivity contribution in [1.82, 2.24) is 4.98 Å². The van der Waals surface area contributed by atoms with Gasteiger partial charge in [0.25, 0.3) is 0 Å². The van der Waals surface area contributed by atoms with Crippen molar-refractivity contribution in [2.24, 2.45) is 0 Å². The van der Waals surface area contributed by atoms with E-state index in [1.54, 1.807) is 6.20 Å². The summed E-state index contributed by atoms with van der Waals surface area (Å²) in [6.45, 7) is 2.79. The summed E-state index contributed by atoms with van der Waals surface area (Å²) in [6, 6.07) is 7.80. The molecule has 0 aliphatic carbocycles. The molecule has 0 aliphatic heterocycles. The lowest BCUT2D eigenvalue weighted by Crippen LogP contribution is -2.04. The minimum atomic E-state index is 0.745. The van der Waals surface area contributed by atoms with Crippen LogP contribution < -0.4 is 11.1 Å². The van der Waals surface area contributed by atoms with Crippen molar-refractivity contribution in [2.75, 3.05) is 11.1 Å². The molecule has 1 aromatic carbocycles. The maximum absolute atomic E-state index is 5.90. The van der Waals surface area contributed by atoms with E-state index in [9.17, 15) is 0 Å². The lowest BCUT2D eigenvalue weighted by Gasteiger charge is -2.11. The molecule has 0 spiro atoms. The summed E-state index contributed by atoms with van der Waals surface area (Å²) in [6.07, 6.45) is 3.66. The molecule has 2 rings (SSSR count). The molecule has 0 amide bonds. The van der Waals surface area contributed by atoms with Crippen LogP contribution in [0.3, 0.4) is 0 Å². The molecule has 1 heterocycles. The van der Waals surface area contributed by atoms with Gasteiger partial charge in [0.1, 0.15) is 0 Å². The SMILES string of the molecule is Cc1cnccc1CNc1cc(Br)ccc1N. The molecular weight excluding hydrogens is 278 g/mol. The molecule has 4 heteroatoms. The van der Waals surface area contributed by atoms with E-state index in [-0.39, 0.29) is 0 Å². The van der Waals surface area contributed by atoms with Gasteiger partial charge in [-0.1, -0.05) is 15.9 Å². The lowest BCUT2D eigenvalue weighted by molar-refractivity contribution is 1.09. The molecule has 0 fully saturated rings. The summed E-state index contributed by atoms with van der Waals surface area (Å²) in [5.74, 6) is 0. The molecule has 1 aromatic heterocycles. The number of nitrogens with zero attached hydrogens (tertiary/aromatic N) is 1. The van der Waals surface area contributed by atoms with Crippen LogP contribution in [0.15, 0.2) is 41.1 Å². The topological polar surface area (TPSA) is 50.9 Å². The molecule has 2 aromatic rings. The van der Waals surface area contributed by atoms with E-state index in [1.807, 2.05) is 37.4 Å². The van der Waals surface area contributed by atoms with Gasteiger partial charge in [-0.3, -0.25) is 4.98 Å². The fourth-order valence-corrected chi connectivity index (χ4v) is 1.93. The number of rotatable bonds is 3. The highest BCUT2D eigenvalue weighted by molar-refractivity contribution is 9.10. The van der Waals surface area contributed by atoms with E-state index in [0.29, 0.717) is 0 Å². The number of aryl methyl sites for hydroxylation is 1. The average molecular weight is 292 g/mol. The second-order valence-corrected chi connectivity index (χ2v) is 4.80. The Bertz CT molecular complexity index is 526. The fourth-order valence-electron chi connectivity index (χ4n) is 1.57. The van der Waals surface area contributed by atoms with E-state index < -0.39 is 0 Å². The molecule has 0 saturated heterocycles. The maximum Gasteiger partial charge on any atom is 0.0587 e. The van der Waals surface area contributed by atoms with Crippen molar-refractivity contribution in [1.29, 1.82) is 0 Å². The van der Waals surface area contributed by atoms with Crippen LogP contribution in [0.5, 0.6) is 0 Å². The van der Waals surface area contributed by atoms with Gasteiger partial charge in [0, 0.05) is 23.4 Å². The lowest BCUT2D eigenvalue weighted by atomic mass is 10.1. The molecule has 0 radical (unpaired) electrons. The first-order valence-electron chi connectivity index (χ1n) is 5.35. The molecular formula is C13H14BrN3. The third-order valence-corrected chi connectivity index (χ3v) is 3.11. The Morgan fingerprint density at radius 2 is 2.18 bits per heavy atom. The minimum absolute atomic E-state index is 0.745. The van der Waals surface area contributed by atoms with Gasteiger partial charge in [-0.25, -0.2) is 0 Å². The van der Waals surface area contributed by atoms with E-state index in [0.717, 1.165) is 22.4 Å². The van der Waals surface area contributed by atoms with Crippen molar-refractivity contribution < 1.29 is 0 Å².